The number of fused-ring (bicyclic) bond motifs is 1. The van der Waals surface area contributed by atoms with Crippen LogP contribution in [0.1, 0.15) is 16.1 Å². The van der Waals surface area contributed by atoms with Crippen LogP contribution in [0.25, 0.3) is 11.1 Å². The van der Waals surface area contributed by atoms with Crippen LogP contribution in [0.5, 0.6) is 0 Å². The van der Waals surface area contributed by atoms with E-state index in [2.05, 4.69) is 10.3 Å². The van der Waals surface area contributed by atoms with Gasteiger partial charge in [0.1, 0.15) is 29.1 Å². The quantitative estimate of drug-likeness (QED) is 0.786. The maximum Gasteiger partial charge on any atom is 0.265 e. The van der Waals surface area contributed by atoms with E-state index in [-0.39, 0.29) is 28.1 Å². The Morgan fingerprint density at radius 1 is 1.35 bits per heavy atom. The second-order valence-electron chi connectivity index (χ2n) is 4.95. The van der Waals surface area contributed by atoms with Crippen LogP contribution in [0.15, 0.2) is 33.7 Å². The van der Waals surface area contributed by atoms with Crippen molar-refractivity contribution in [2.24, 2.45) is 7.05 Å². The second kappa shape index (κ2) is 5.31. The van der Waals surface area contributed by atoms with E-state index in [9.17, 15) is 18.4 Å². The van der Waals surface area contributed by atoms with E-state index in [1.54, 1.807) is 0 Å². The fraction of sp³-hybridized carbons (Fsp3) is 0.133. The average Bonchev–Trinajstić information content (AvgIpc) is 2.84. The fourth-order valence-electron chi connectivity index (χ4n) is 2.24. The van der Waals surface area contributed by atoms with Gasteiger partial charge in [0.15, 0.2) is 0 Å². The van der Waals surface area contributed by atoms with Crippen LogP contribution in [0, 0.1) is 18.6 Å². The van der Waals surface area contributed by atoms with Crippen LogP contribution in [0.4, 0.5) is 14.5 Å². The van der Waals surface area contributed by atoms with E-state index >= 15 is 0 Å². The van der Waals surface area contributed by atoms with Crippen molar-refractivity contribution in [1.82, 2.24) is 9.55 Å². The molecule has 0 aliphatic rings. The highest BCUT2D eigenvalue weighted by molar-refractivity contribution is 6.12. The van der Waals surface area contributed by atoms with Gasteiger partial charge in [0.2, 0.25) is 5.71 Å². The van der Waals surface area contributed by atoms with Crippen LogP contribution in [-0.2, 0) is 7.05 Å². The lowest BCUT2D eigenvalue weighted by atomic mass is 10.1. The molecule has 6 nitrogen and oxygen atoms in total. The zero-order valence-electron chi connectivity index (χ0n) is 12.2. The van der Waals surface area contributed by atoms with Gasteiger partial charge in [-0.3, -0.25) is 9.59 Å². The largest absolute Gasteiger partial charge is 0.442 e. The Kier molecular flexibility index (Phi) is 3.44. The zero-order chi connectivity index (χ0) is 16.7. The lowest BCUT2D eigenvalue weighted by Gasteiger charge is -2.06. The topological polar surface area (TPSA) is 77.1 Å². The maximum absolute atomic E-state index is 13.6. The smallest absolute Gasteiger partial charge is 0.265 e. The van der Waals surface area contributed by atoms with Gasteiger partial charge in [-0.25, -0.2) is 13.8 Å². The lowest BCUT2D eigenvalue weighted by Crippen LogP contribution is -2.21. The van der Waals surface area contributed by atoms with Crippen LogP contribution >= 0.6 is 0 Å². The van der Waals surface area contributed by atoms with Crippen LogP contribution in [-0.4, -0.2) is 15.5 Å². The number of nitrogens with zero attached hydrogens (tertiary/aromatic N) is 2. The molecule has 8 heteroatoms. The lowest BCUT2D eigenvalue weighted by molar-refractivity contribution is 0.102. The molecule has 3 aromatic rings. The minimum atomic E-state index is -0.795. The van der Waals surface area contributed by atoms with Crippen molar-refractivity contribution in [1.29, 1.82) is 0 Å². The Balaban J connectivity index is 2.11. The van der Waals surface area contributed by atoms with Gasteiger partial charge in [-0.15, -0.1) is 0 Å². The minimum absolute atomic E-state index is 0.00969. The molecule has 23 heavy (non-hydrogen) atoms. The van der Waals surface area contributed by atoms with E-state index in [0.717, 1.165) is 18.2 Å². The summed E-state index contributed by atoms with van der Waals surface area (Å²) < 4.78 is 33.3. The number of rotatable bonds is 2. The predicted molar refractivity (Wildman–Crippen MR) is 78.3 cm³/mol. The molecule has 0 unspecified atom stereocenters. The van der Waals surface area contributed by atoms with Crippen LogP contribution < -0.4 is 10.9 Å². The number of aromatic nitrogens is 2. The van der Waals surface area contributed by atoms with Crippen molar-refractivity contribution in [3.63, 3.8) is 0 Å². The Bertz CT molecular complexity index is 992. The highest BCUT2D eigenvalue weighted by atomic mass is 19.1. The van der Waals surface area contributed by atoms with Crippen molar-refractivity contribution in [3.05, 3.63) is 57.8 Å². The number of carbonyl (C=O) groups is 1. The van der Waals surface area contributed by atoms with Gasteiger partial charge in [0.05, 0.1) is 11.3 Å². The van der Waals surface area contributed by atoms with Gasteiger partial charge in [0.25, 0.3) is 11.5 Å². The summed E-state index contributed by atoms with van der Waals surface area (Å²) in [5.74, 6) is -2.12. The van der Waals surface area contributed by atoms with Gasteiger partial charge in [-0.05, 0) is 19.1 Å². The first-order chi connectivity index (χ1) is 10.9. The Morgan fingerprint density at radius 3 is 2.83 bits per heavy atom. The van der Waals surface area contributed by atoms with E-state index in [0.29, 0.717) is 0 Å². The number of amides is 1. The molecular weight excluding hydrogens is 308 g/mol. The van der Waals surface area contributed by atoms with E-state index in [1.165, 1.54) is 24.9 Å². The van der Waals surface area contributed by atoms with Crippen molar-refractivity contribution in [2.45, 2.75) is 6.92 Å². The molecule has 0 aliphatic heterocycles. The number of carbonyl (C=O) groups excluding carboxylic acids is 1. The highest BCUT2D eigenvalue weighted by Crippen LogP contribution is 2.23. The van der Waals surface area contributed by atoms with Gasteiger partial charge in [-0.1, -0.05) is 0 Å². The molecule has 0 saturated carbocycles. The molecule has 118 valence electrons. The summed E-state index contributed by atoms with van der Waals surface area (Å²) in [4.78, 5) is 28.5. The highest BCUT2D eigenvalue weighted by Gasteiger charge is 2.23. The summed E-state index contributed by atoms with van der Waals surface area (Å²) in [7, 11) is 1.48. The molecule has 0 fully saturated rings. The summed E-state index contributed by atoms with van der Waals surface area (Å²) in [6.45, 7) is 1.48. The summed E-state index contributed by atoms with van der Waals surface area (Å²) in [5, 5.41) is 2.23. The molecule has 0 radical (unpaired) electrons. The Hall–Kier alpha value is -3.03. The SMILES string of the molecule is Cc1oc2ncn(C)c(=O)c2c1C(=O)Nc1cc(F)ccc1F. The molecule has 0 spiro atoms. The molecule has 0 atom stereocenters. The summed E-state index contributed by atoms with van der Waals surface area (Å²) in [6, 6.07) is 2.68. The predicted octanol–water partition coefficient (Wildman–Crippen LogP) is 2.37. The number of furan rings is 1. The first-order valence-electron chi connectivity index (χ1n) is 6.59. The molecule has 0 aliphatic carbocycles. The third-order valence-corrected chi connectivity index (χ3v) is 3.35. The minimum Gasteiger partial charge on any atom is -0.442 e. The molecule has 3 rings (SSSR count). The van der Waals surface area contributed by atoms with Crippen molar-refractivity contribution < 1.29 is 18.0 Å². The van der Waals surface area contributed by atoms with E-state index in [1.807, 2.05) is 0 Å². The van der Waals surface area contributed by atoms with Crippen molar-refractivity contribution >= 4 is 22.7 Å². The number of hydrogen-bond donors (Lipinski definition) is 1. The normalized spacial score (nSPS) is 11.0. The molecule has 2 heterocycles. The number of aryl methyl sites for hydroxylation is 2. The Labute approximate surface area is 128 Å². The summed E-state index contributed by atoms with van der Waals surface area (Å²) in [6.07, 6.45) is 1.27. The summed E-state index contributed by atoms with van der Waals surface area (Å²) in [5.41, 5.74) is -0.853. The third kappa shape index (κ3) is 2.48. The summed E-state index contributed by atoms with van der Waals surface area (Å²) >= 11 is 0. The monoisotopic (exact) mass is 319 g/mol. The molecule has 1 N–H and O–H groups in total. The van der Waals surface area contributed by atoms with Crippen molar-refractivity contribution in [2.75, 3.05) is 5.32 Å². The average molecular weight is 319 g/mol. The van der Waals surface area contributed by atoms with Crippen LogP contribution in [0.2, 0.25) is 0 Å². The number of hydrogen-bond acceptors (Lipinski definition) is 4. The molecule has 1 amide bonds. The first kappa shape index (κ1) is 14.9. The van der Waals surface area contributed by atoms with E-state index < -0.39 is 23.1 Å². The molecular formula is C15H11F2N3O3. The van der Waals surface area contributed by atoms with Gasteiger partial charge < -0.3 is 14.3 Å². The fourth-order valence-corrected chi connectivity index (χ4v) is 2.24. The number of halogens is 2. The molecule has 0 bridgehead atoms. The van der Waals surface area contributed by atoms with Gasteiger partial charge in [0, 0.05) is 13.1 Å². The first-order valence-corrected chi connectivity index (χ1v) is 6.59. The third-order valence-electron chi connectivity index (χ3n) is 3.35. The van der Waals surface area contributed by atoms with Gasteiger partial charge >= 0.3 is 0 Å². The molecule has 0 saturated heterocycles. The standard InChI is InChI=1S/C15H11F2N3O3/c1-7-11(12-14(23-7)18-6-20(2)15(12)22)13(21)19-10-5-8(16)3-4-9(10)17/h3-6H,1-2H3,(H,19,21). The van der Waals surface area contributed by atoms with Crippen molar-refractivity contribution in [3.8, 4) is 0 Å². The number of benzene rings is 1. The zero-order valence-corrected chi connectivity index (χ0v) is 12.2. The van der Waals surface area contributed by atoms with Gasteiger partial charge in [-0.2, -0.15) is 0 Å². The second-order valence-corrected chi connectivity index (χ2v) is 4.95. The number of nitrogens with one attached hydrogen (secondary N) is 1. The number of anilines is 1. The molecule has 2 aromatic heterocycles. The van der Waals surface area contributed by atoms with Crippen LogP contribution in [0.3, 0.4) is 0 Å². The molecule has 1 aromatic carbocycles. The van der Waals surface area contributed by atoms with E-state index in [4.69, 9.17) is 4.42 Å². The Morgan fingerprint density at radius 2 is 2.09 bits per heavy atom. The maximum atomic E-state index is 13.6.